The van der Waals surface area contributed by atoms with Crippen LogP contribution in [0.2, 0.25) is 0 Å². The van der Waals surface area contributed by atoms with E-state index in [9.17, 15) is 4.79 Å². The highest BCUT2D eigenvalue weighted by atomic mass is 16.2. The summed E-state index contributed by atoms with van der Waals surface area (Å²) in [5, 5.41) is 0. The molecule has 138 valence electrons. The second-order valence-electron chi connectivity index (χ2n) is 8.50. The zero-order valence-corrected chi connectivity index (χ0v) is 15.9. The van der Waals surface area contributed by atoms with E-state index in [1.807, 2.05) is 13.0 Å². The summed E-state index contributed by atoms with van der Waals surface area (Å²) in [6, 6.07) is 2.74. The monoisotopic (exact) mass is 352 g/mol. The van der Waals surface area contributed by atoms with Crippen LogP contribution in [-0.4, -0.2) is 37.4 Å². The molecule has 5 heteroatoms. The van der Waals surface area contributed by atoms with Crippen molar-refractivity contribution in [3.8, 4) is 0 Å². The van der Waals surface area contributed by atoms with Gasteiger partial charge in [-0.2, -0.15) is 0 Å². The lowest BCUT2D eigenvalue weighted by atomic mass is 10.1. The minimum absolute atomic E-state index is 0.177. The van der Waals surface area contributed by atoms with Crippen LogP contribution in [0, 0.1) is 12.8 Å². The van der Waals surface area contributed by atoms with Crippen LogP contribution in [0.3, 0.4) is 0 Å². The summed E-state index contributed by atoms with van der Waals surface area (Å²) >= 11 is 0. The van der Waals surface area contributed by atoms with E-state index in [-0.39, 0.29) is 5.91 Å². The van der Waals surface area contributed by atoms with E-state index in [0.717, 1.165) is 54.1 Å². The number of fused-ring (bicyclic) bond motifs is 3. The molecule has 1 aliphatic heterocycles. The Labute approximate surface area is 154 Å². The number of rotatable bonds is 4. The molecule has 0 unspecified atom stereocenters. The highest BCUT2D eigenvalue weighted by Gasteiger charge is 2.42. The standard InChI is InChI=1S/C21H28N4O/c1-13-12-17(21(26)25(16-9-10-16)14(2)15-7-8-15)19-20(22-13)24-11-5-3-4-6-18(24)23-19/h12,14-16H,3-11H2,1-2H3/t14-/m1/s1. The highest BCUT2D eigenvalue weighted by Crippen LogP contribution is 2.41. The molecular formula is C21H28N4O. The van der Waals surface area contributed by atoms with E-state index < -0.39 is 0 Å². The number of imidazole rings is 1. The van der Waals surface area contributed by atoms with E-state index in [4.69, 9.17) is 9.97 Å². The SMILES string of the molecule is Cc1cc(C(=O)N(C2CC2)[C@H](C)C2CC2)c2nc3n(c2n1)CCCCC3. The molecule has 2 aromatic rings. The second-order valence-corrected chi connectivity index (χ2v) is 8.50. The van der Waals surface area contributed by atoms with E-state index in [0.29, 0.717) is 18.0 Å². The van der Waals surface area contributed by atoms with Gasteiger partial charge in [0.1, 0.15) is 11.3 Å². The maximum absolute atomic E-state index is 13.6. The number of carbonyl (C=O) groups is 1. The van der Waals surface area contributed by atoms with Gasteiger partial charge in [0.05, 0.1) is 5.56 Å². The van der Waals surface area contributed by atoms with Crippen molar-refractivity contribution in [1.82, 2.24) is 19.4 Å². The van der Waals surface area contributed by atoms with Crippen molar-refractivity contribution in [1.29, 1.82) is 0 Å². The molecule has 0 aromatic carbocycles. The van der Waals surface area contributed by atoms with Crippen LogP contribution >= 0.6 is 0 Å². The van der Waals surface area contributed by atoms with Gasteiger partial charge in [-0.3, -0.25) is 4.79 Å². The summed E-state index contributed by atoms with van der Waals surface area (Å²) in [4.78, 5) is 25.5. The van der Waals surface area contributed by atoms with E-state index in [1.54, 1.807) is 0 Å². The molecular weight excluding hydrogens is 324 g/mol. The van der Waals surface area contributed by atoms with Crippen LogP contribution in [0.5, 0.6) is 0 Å². The van der Waals surface area contributed by atoms with Gasteiger partial charge in [-0.1, -0.05) is 6.42 Å². The Kier molecular flexibility index (Phi) is 3.80. The van der Waals surface area contributed by atoms with Crippen molar-refractivity contribution in [2.45, 2.75) is 83.8 Å². The Morgan fingerprint density at radius 2 is 2.00 bits per heavy atom. The van der Waals surface area contributed by atoms with E-state index in [2.05, 4.69) is 16.4 Å². The fraction of sp³-hybridized carbons (Fsp3) is 0.667. The minimum atomic E-state index is 0.177. The molecule has 2 aliphatic carbocycles. The first-order valence-corrected chi connectivity index (χ1v) is 10.3. The van der Waals surface area contributed by atoms with Gasteiger partial charge in [0.15, 0.2) is 5.65 Å². The summed E-state index contributed by atoms with van der Waals surface area (Å²) in [7, 11) is 0. The molecule has 2 saturated carbocycles. The number of nitrogens with zero attached hydrogens (tertiary/aromatic N) is 4. The van der Waals surface area contributed by atoms with Crippen molar-refractivity contribution < 1.29 is 4.79 Å². The molecule has 0 N–H and O–H groups in total. The Bertz CT molecular complexity index is 863. The van der Waals surface area contributed by atoms with Crippen LogP contribution < -0.4 is 0 Å². The maximum Gasteiger partial charge on any atom is 0.256 e. The quantitative estimate of drug-likeness (QED) is 0.839. The number of aromatic nitrogens is 3. The van der Waals surface area contributed by atoms with Crippen LogP contribution in [0.25, 0.3) is 11.2 Å². The highest BCUT2D eigenvalue weighted by molar-refractivity contribution is 6.04. The number of carbonyl (C=O) groups excluding carboxylic acids is 1. The maximum atomic E-state index is 13.6. The molecule has 2 fully saturated rings. The van der Waals surface area contributed by atoms with Gasteiger partial charge in [-0.15, -0.1) is 0 Å². The van der Waals surface area contributed by atoms with E-state index >= 15 is 0 Å². The first-order chi connectivity index (χ1) is 12.6. The summed E-state index contributed by atoms with van der Waals surface area (Å²) in [5.74, 6) is 1.98. The molecule has 1 amide bonds. The molecule has 0 saturated heterocycles. The summed E-state index contributed by atoms with van der Waals surface area (Å²) in [6.07, 6.45) is 9.42. The minimum Gasteiger partial charge on any atom is -0.333 e. The molecule has 0 spiro atoms. The van der Waals surface area contributed by atoms with Crippen molar-refractivity contribution in [2.24, 2.45) is 5.92 Å². The molecule has 0 bridgehead atoms. The molecule has 5 rings (SSSR count). The number of hydrogen-bond donors (Lipinski definition) is 0. The number of hydrogen-bond acceptors (Lipinski definition) is 3. The zero-order valence-electron chi connectivity index (χ0n) is 15.9. The van der Waals surface area contributed by atoms with E-state index in [1.165, 1.54) is 32.1 Å². The Morgan fingerprint density at radius 3 is 2.73 bits per heavy atom. The third-order valence-corrected chi connectivity index (χ3v) is 6.34. The van der Waals surface area contributed by atoms with Gasteiger partial charge >= 0.3 is 0 Å². The number of aryl methyl sites for hydroxylation is 3. The molecule has 2 aromatic heterocycles. The molecule has 3 heterocycles. The van der Waals surface area contributed by atoms with Crippen LogP contribution in [0.4, 0.5) is 0 Å². The second kappa shape index (κ2) is 6.07. The van der Waals surface area contributed by atoms with Gasteiger partial charge < -0.3 is 9.47 Å². The fourth-order valence-corrected chi connectivity index (χ4v) is 4.56. The topological polar surface area (TPSA) is 51.0 Å². The van der Waals surface area contributed by atoms with Gasteiger partial charge in [-0.25, -0.2) is 9.97 Å². The Hall–Kier alpha value is -1.91. The predicted octanol–water partition coefficient (Wildman–Crippen LogP) is 3.87. The molecule has 1 atom stereocenters. The van der Waals surface area contributed by atoms with Gasteiger partial charge in [0.25, 0.3) is 5.91 Å². The summed E-state index contributed by atoms with van der Waals surface area (Å²) in [6.45, 7) is 5.21. The van der Waals surface area contributed by atoms with Crippen LogP contribution in [-0.2, 0) is 13.0 Å². The Morgan fingerprint density at radius 1 is 1.19 bits per heavy atom. The lowest BCUT2D eigenvalue weighted by Gasteiger charge is -2.29. The summed E-state index contributed by atoms with van der Waals surface area (Å²) < 4.78 is 2.26. The van der Waals surface area contributed by atoms with Gasteiger partial charge in [-0.05, 0) is 64.4 Å². The average Bonchev–Trinajstić information content (AvgIpc) is 3.51. The summed E-state index contributed by atoms with van der Waals surface area (Å²) in [5.41, 5.74) is 3.43. The largest absolute Gasteiger partial charge is 0.333 e. The third-order valence-electron chi connectivity index (χ3n) is 6.34. The third kappa shape index (κ3) is 2.72. The molecule has 0 radical (unpaired) electrons. The van der Waals surface area contributed by atoms with Crippen molar-refractivity contribution >= 4 is 17.1 Å². The van der Waals surface area contributed by atoms with Crippen LogP contribution in [0.15, 0.2) is 6.07 Å². The van der Waals surface area contributed by atoms with Crippen LogP contribution in [0.1, 0.15) is 73.7 Å². The van der Waals surface area contributed by atoms with Crippen molar-refractivity contribution in [2.75, 3.05) is 0 Å². The van der Waals surface area contributed by atoms with Crippen molar-refractivity contribution in [3.63, 3.8) is 0 Å². The lowest BCUT2D eigenvalue weighted by molar-refractivity contribution is 0.0656. The average molecular weight is 352 g/mol. The van der Waals surface area contributed by atoms with Gasteiger partial charge in [0, 0.05) is 30.7 Å². The number of amides is 1. The first-order valence-electron chi connectivity index (χ1n) is 10.3. The van der Waals surface area contributed by atoms with Gasteiger partial charge in [0.2, 0.25) is 0 Å². The number of pyridine rings is 1. The fourth-order valence-electron chi connectivity index (χ4n) is 4.56. The molecule has 26 heavy (non-hydrogen) atoms. The molecule has 5 nitrogen and oxygen atoms in total. The Balaban J connectivity index is 1.60. The normalized spacial score (nSPS) is 21.3. The van der Waals surface area contributed by atoms with Crippen molar-refractivity contribution in [3.05, 3.63) is 23.1 Å². The predicted molar refractivity (Wildman–Crippen MR) is 101 cm³/mol. The smallest absolute Gasteiger partial charge is 0.256 e. The zero-order chi connectivity index (χ0) is 17.8. The lowest BCUT2D eigenvalue weighted by Crippen LogP contribution is -2.41. The molecule has 3 aliphatic rings. The first kappa shape index (κ1) is 16.3.